The second-order valence-electron chi connectivity index (χ2n) is 8.18. The van der Waals surface area contributed by atoms with Gasteiger partial charge in [0.25, 0.3) is 10.0 Å². The highest BCUT2D eigenvalue weighted by Crippen LogP contribution is 2.31. The summed E-state index contributed by atoms with van der Waals surface area (Å²) in [6.45, 7) is 3.84. The number of hydrogen-bond donors (Lipinski definition) is 3. The molecule has 180 valence electrons. The first-order chi connectivity index (χ1) is 16.3. The maximum atomic E-state index is 12.9. The second-order valence-corrected chi connectivity index (χ2v) is 10.7. The van der Waals surface area contributed by atoms with E-state index in [1.54, 1.807) is 0 Å². The fourth-order valence-corrected chi connectivity index (χ4v) is 6.12. The normalized spacial score (nSPS) is 18.0. The van der Waals surface area contributed by atoms with E-state index in [0.29, 0.717) is 17.6 Å². The van der Waals surface area contributed by atoms with Gasteiger partial charge in [-0.15, -0.1) is 11.3 Å². The van der Waals surface area contributed by atoms with Gasteiger partial charge in [0.05, 0.1) is 18.4 Å². The van der Waals surface area contributed by atoms with Crippen LogP contribution in [0.4, 0.5) is 16.5 Å². The molecule has 1 saturated heterocycles. The molecule has 4 rings (SSSR count). The third-order valence-corrected chi connectivity index (χ3v) is 7.85. The number of sulfonamides is 1. The smallest absolute Gasteiger partial charge is 0.335 e. The summed E-state index contributed by atoms with van der Waals surface area (Å²) in [4.78, 5) is 17.8. The Morgan fingerprint density at radius 1 is 1.26 bits per heavy atom. The summed E-state index contributed by atoms with van der Waals surface area (Å²) in [6, 6.07) is 14.4. The zero-order chi connectivity index (χ0) is 24.3. The minimum atomic E-state index is -3.99. The van der Waals surface area contributed by atoms with Gasteiger partial charge in [0.2, 0.25) is 0 Å². The van der Waals surface area contributed by atoms with Crippen molar-refractivity contribution >= 4 is 43.8 Å². The van der Waals surface area contributed by atoms with Crippen LogP contribution in [-0.4, -0.2) is 50.7 Å². The Bertz CT molecular complexity index is 1260. The van der Waals surface area contributed by atoms with Crippen molar-refractivity contribution in [1.29, 1.82) is 0 Å². The first kappa shape index (κ1) is 23.8. The molecule has 3 aromatic rings. The third kappa shape index (κ3) is 5.26. The predicted molar refractivity (Wildman–Crippen MR) is 133 cm³/mol. The van der Waals surface area contributed by atoms with Crippen LogP contribution in [0.25, 0.3) is 0 Å². The molecule has 0 radical (unpaired) electrons. The van der Waals surface area contributed by atoms with Crippen LogP contribution < -0.4 is 19.7 Å². The van der Waals surface area contributed by atoms with Crippen LogP contribution in [-0.2, 0) is 10.0 Å². The minimum Gasteiger partial charge on any atom is -0.495 e. The van der Waals surface area contributed by atoms with Crippen molar-refractivity contribution < 1.29 is 23.1 Å². The molecule has 0 spiro atoms. The van der Waals surface area contributed by atoms with E-state index >= 15 is 0 Å². The fourth-order valence-electron chi connectivity index (χ4n) is 4.05. The number of methoxy groups -OCH3 is 1. The topological polar surface area (TPSA) is 121 Å². The van der Waals surface area contributed by atoms with E-state index in [1.807, 2.05) is 18.2 Å². The van der Waals surface area contributed by atoms with E-state index in [4.69, 9.17) is 9.84 Å². The lowest BCUT2D eigenvalue weighted by Crippen LogP contribution is -2.34. The van der Waals surface area contributed by atoms with E-state index in [-0.39, 0.29) is 28.1 Å². The number of ether oxygens (including phenoxy) is 1. The van der Waals surface area contributed by atoms with Crippen molar-refractivity contribution in [2.45, 2.75) is 24.4 Å². The van der Waals surface area contributed by atoms with Crippen molar-refractivity contribution in [3.05, 3.63) is 59.5 Å². The van der Waals surface area contributed by atoms with Crippen LogP contribution in [0.1, 0.15) is 23.7 Å². The lowest BCUT2D eigenvalue weighted by molar-refractivity contribution is 0.0696. The van der Waals surface area contributed by atoms with Crippen LogP contribution in [0.2, 0.25) is 0 Å². The number of carboxylic acids is 1. The summed E-state index contributed by atoms with van der Waals surface area (Å²) in [5, 5.41) is 14.3. The van der Waals surface area contributed by atoms with Crippen LogP contribution >= 0.6 is 11.3 Å². The summed E-state index contributed by atoms with van der Waals surface area (Å²) in [5.74, 6) is -0.468. The molecule has 2 heterocycles. The highest BCUT2D eigenvalue weighted by molar-refractivity contribution is 7.92. The number of carboxylic acid groups (broad SMARTS) is 1. The standard InChI is InChI=1S/C23H26N4O5S2/c1-15-10-18(27(13-15)17-6-4-3-5-7-17)12-24-23-25-21(14-33-23)34(30,31)26-19-9-8-16(22(28)29)11-20(19)32-2/h3-9,11,14-15,18,26H,10,12-13H2,1-2H3,(H,24,25)(H,28,29)/t15-,18+/m1/s1. The largest absolute Gasteiger partial charge is 0.495 e. The number of nitrogens with zero attached hydrogens (tertiary/aromatic N) is 2. The molecule has 2 atom stereocenters. The van der Waals surface area contributed by atoms with Gasteiger partial charge in [0, 0.05) is 30.2 Å². The van der Waals surface area contributed by atoms with Crippen LogP contribution in [0, 0.1) is 5.92 Å². The zero-order valence-electron chi connectivity index (χ0n) is 18.8. The third-order valence-electron chi connectivity index (χ3n) is 5.65. The molecule has 0 amide bonds. The molecule has 1 aliphatic heterocycles. The number of benzene rings is 2. The number of nitrogens with one attached hydrogen (secondary N) is 2. The van der Waals surface area contributed by atoms with Gasteiger partial charge in [-0.25, -0.2) is 9.78 Å². The summed E-state index contributed by atoms with van der Waals surface area (Å²) in [5.41, 5.74) is 1.30. The van der Waals surface area contributed by atoms with Gasteiger partial charge in [-0.1, -0.05) is 25.1 Å². The number of thiazole rings is 1. The summed E-state index contributed by atoms with van der Waals surface area (Å²) >= 11 is 1.22. The maximum absolute atomic E-state index is 12.9. The molecule has 34 heavy (non-hydrogen) atoms. The molecule has 11 heteroatoms. The number of aromatic nitrogens is 1. The Labute approximate surface area is 202 Å². The van der Waals surface area contributed by atoms with Gasteiger partial charge in [0.1, 0.15) is 5.75 Å². The second kappa shape index (κ2) is 9.90. The fraction of sp³-hybridized carbons (Fsp3) is 0.304. The molecule has 0 unspecified atom stereocenters. The van der Waals surface area contributed by atoms with Crippen LogP contribution in [0.15, 0.2) is 58.9 Å². The van der Waals surface area contributed by atoms with Crippen molar-refractivity contribution in [1.82, 2.24) is 4.98 Å². The first-order valence-electron chi connectivity index (χ1n) is 10.7. The predicted octanol–water partition coefficient (Wildman–Crippen LogP) is 3.98. The number of para-hydroxylation sites is 1. The Hall–Kier alpha value is -3.31. The number of carbonyl (C=O) groups is 1. The van der Waals surface area contributed by atoms with Gasteiger partial charge in [-0.05, 0) is 42.7 Å². The molecule has 1 aliphatic rings. The molecule has 1 aromatic heterocycles. The van der Waals surface area contributed by atoms with Crippen molar-refractivity contribution in [3.8, 4) is 5.75 Å². The highest BCUT2D eigenvalue weighted by atomic mass is 32.2. The van der Waals surface area contributed by atoms with Gasteiger partial charge in [-0.3, -0.25) is 4.72 Å². The van der Waals surface area contributed by atoms with Crippen molar-refractivity contribution in [2.75, 3.05) is 35.1 Å². The number of hydrogen-bond acceptors (Lipinski definition) is 8. The average molecular weight is 503 g/mol. The quantitative estimate of drug-likeness (QED) is 0.402. The summed E-state index contributed by atoms with van der Waals surface area (Å²) < 4.78 is 33.3. The number of rotatable bonds is 9. The number of anilines is 3. The molecular formula is C23H26N4O5S2. The van der Waals surface area contributed by atoms with E-state index in [1.165, 1.54) is 47.7 Å². The molecule has 9 nitrogen and oxygen atoms in total. The molecular weight excluding hydrogens is 476 g/mol. The van der Waals surface area contributed by atoms with Gasteiger partial charge < -0.3 is 20.1 Å². The van der Waals surface area contributed by atoms with E-state index in [9.17, 15) is 13.2 Å². The van der Waals surface area contributed by atoms with Crippen molar-refractivity contribution in [3.63, 3.8) is 0 Å². The molecule has 0 aliphatic carbocycles. The average Bonchev–Trinajstić information content (AvgIpc) is 3.45. The van der Waals surface area contributed by atoms with Crippen LogP contribution in [0.5, 0.6) is 5.75 Å². The Morgan fingerprint density at radius 3 is 2.74 bits per heavy atom. The molecule has 2 aromatic carbocycles. The van der Waals surface area contributed by atoms with E-state index < -0.39 is 16.0 Å². The van der Waals surface area contributed by atoms with Gasteiger partial charge in [0.15, 0.2) is 10.2 Å². The van der Waals surface area contributed by atoms with E-state index in [0.717, 1.165) is 13.0 Å². The summed E-state index contributed by atoms with van der Waals surface area (Å²) in [6.07, 6.45) is 1.03. The van der Waals surface area contributed by atoms with Gasteiger partial charge >= 0.3 is 5.97 Å². The Kier molecular flexibility index (Phi) is 6.94. The van der Waals surface area contributed by atoms with Gasteiger partial charge in [-0.2, -0.15) is 8.42 Å². The lowest BCUT2D eigenvalue weighted by atomic mass is 10.1. The summed E-state index contributed by atoms with van der Waals surface area (Å²) in [7, 11) is -2.65. The first-order valence-corrected chi connectivity index (χ1v) is 13.1. The maximum Gasteiger partial charge on any atom is 0.335 e. The highest BCUT2D eigenvalue weighted by Gasteiger charge is 2.30. The Morgan fingerprint density at radius 2 is 2.03 bits per heavy atom. The zero-order valence-corrected chi connectivity index (χ0v) is 20.4. The lowest BCUT2D eigenvalue weighted by Gasteiger charge is -2.27. The molecule has 3 N–H and O–H groups in total. The monoisotopic (exact) mass is 502 g/mol. The van der Waals surface area contributed by atoms with E-state index in [2.05, 4.69) is 39.0 Å². The van der Waals surface area contributed by atoms with Crippen molar-refractivity contribution in [2.24, 2.45) is 5.92 Å². The Balaban J connectivity index is 1.44. The molecule has 0 bridgehead atoms. The number of aromatic carboxylic acids is 1. The molecule has 0 saturated carbocycles. The SMILES string of the molecule is COc1cc(C(=O)O)ccc1NS(=O)(=O)c1csc(NC[C@@H]2C[C@@H](C)CN2c2ccccc2)n1. The minimum absolute atomic E-state index is 0.00859. The molecule has 1 fully saturated rings. The van der Waals surface area contributed by atoms with Crippen LogP contribution in [0.3, 0.4) is 0 Å².